The zero-order chi connectivity index (χ0) is 21.9. The van der Waals surface area contributed by atoms with Crippen LogP contribution in [-0.2, 0) is 39.1 Å². The van der Waals surface area contributed by atoms with Gasteiger partial charge in [-0.25, -0.2) is 14.6 Å². The Labute approximate surface area is 194 Å². The molecule has 30 heavy (non-hydrogen) atoms. The van der Waals surface area contributed by atoms with Gasteiger partial charge in [-0.2, -0.15) is 12.7 Å². The summed E-state index contributed by atoms with van der Waals surface area (Å²) in [6.07, 6.45) is 0. The van der Waals surface area contributed by atoms with Crippen molar-refractivity contribution in [3.63, 3.8) is 0 Å². The number of nitrogens with one attached hydrogen (secondary N) is 1. The van der Waals surface area contributed by atoms with E-state index in [2.05, 4.69) is 19.7 Å². The molecule has 1 saturated heterocycles. The van der Waals surface area contributed by atoms with E-state index in [1.54, 1.807) is 0 Å². The number of hydrogen-bond acceptors (Lipinski definition) is 12. The van der Waals surface area contributed by atoms with Crippen LogP contribution in [0.1, 0.15) is 5.69 Å². The van der Waals surface area contributed by atoms with E-state index in [9.17, 15) is 27.6 Å². The quantitative estimate of drug-likeness (QED) is 0.0718. The second-order valence-corrected chi connectivity index (χ2v) is 7.39. The summed E-state index contributed by atoms with van der Waals surface area (Å²) >= 11 is 0.914. The van der Waals surface area contributed by atoms with E-state index in [0.29, 0.717) is 0 Å². The molecular weight excluding hydrogens is 461 g/mol. The van der Waals surface area contributed by atoms with E-state index in [1.165, 1.54) is 5.38 Å². The Balaban J connectivity index is 0.00000450. The third kappa shape index (κ3) is 5.64. The van der Waals surface area contributed by atoms with Gasteiger partial charge in [-0.05, 0) is 0 Å². The summed E-state index contributed by atoms with van der Waals surface area (Å²) in [6.45, 7) is -0.903. The number of ether oxygens (including phenoxy) is 1. The van der Waals surface area contributed by atoms with Gasteiger partial charge in [0.2, 0.25) is 6.61 Å². The van der Waals surface area contributed by atoms with Crippen molar-refractivity contribution in [2.75, 3.05) is 19.5 Å². The second-order valence-electron chi connectivity index (χ2n) is 5.21. The number of β-lactam (4-membered cyclic amide) rings is 1. The van der Waals surface area contributed by atoms with E-state index in [1.807, 2.05) is 5.32 Å². The molecular formula is C12H14N5NaO10S2. The zero-order valence-electron chi connectivity index (χ0n) is 14.3. The molecule has 1 aliphatic heterocycles. The van der Waals surface area contributed by atoms with E-state index in [-0.39, 0.29) is 44.7 Å². The van der Waals surface area contributed by atoms with Crippen molar-refractivity contribution in [2.24, 2.45) is 5.16 Å². The van der Waals surface area contributed by atoms with Crippen molar-refractivity contribution in [2.45, 2.75) is 12.1 Å². The van der Waals surface area contributed by atoms with E-state index < -0.39 is 58.5 Å². The van der Waals surface area contributed by atoms with Crippen LogP contribution < -0.4 is 11.1 Å². The Bertz CT molecular complexity index is 993. The van der Waals surface area contributed by atoms with Crippen molar-refractivity contribution in [3.8, 4) is 0 Å². The predicted octanol–water partition coefficient (Wildman–Crippen LogP) is -3.45. The molecule has 1 aromatic heterocycles. The Morgan fingerprint density at radius 1 is 1.43 bits per heavy atom. The van der Waals surface area contributed by atoms with Crippen LogP contribution in [0.15, 0.2) is 10.5 Å². The number of carbonyl (C=O) groups excluding carboxylic acids is 3. The van der Waals surface area contributed by atoms with Crippen molar-refractivity contribution >= 4 is 85.8 Å². The Morgan fingerprint density at radius 3 is 2.53 bits per heavy atom. The number of aliphatic carboxylic acids is 1. The summed E-state index contributed by atoms with van der Waals surface area (Å²) in [5.74, 6) is -5.11. The number of amides is 2. The SMILES string of the molecule is COC(=O)[C@H]1[C@@H](NC(=O)/C(=N\OCC(=O)O)c2csc(N)n2)C(=O)N1S(=O)(=O)O.[NaH]. The average molecular weight is 475 g/mol. The number of aromatic nitrogens is 1. The normalized spacial score (nSPS) is 18.7. The molecule has 1 fully saturated rings. The third-order valence-electron chi connectivity index (χ3n) is 3.35. The number of anilines is 1. The molecule has 0 spiro atoms. The van der Waals surface area contributed by atoms with Gasteiger partial charge in [0.15, 0.2) is 16.9 Å². The third-order valence-corrected chi connectivity index (χ3v) is 4.93. The number of nitrogen functional groups attached to an aromatic ring is 1. The molecule has 0 unspecified atom stereocenters. The molecule has 2 atom stereocenters. The molecule has 2 rings (SSSR count). The number of nitrogens with two attached hydrogens (primary N) is 1. The minimum absolute atomic E-state index is 0. The maximum absolute atomic E-state index is 12.5. The molecule has 0 aliphatic carbocycles. The molecule has 15 nitrogen and oxygen atoms in total. The van der Waals surface area contributed by atoms with Crippen LogP contribution in [0.3, 0.4) is 0 Å². The first-order valence-corrected chi connectivity index (χ1v) is 9.57. The van der Waals surface area contributed by atoms with Gasteiger partial charge >= 0.3 is 51.8 Å². The van der Waals surface area contributed by atoms with Crippen LogP contribution in [-0.4, -0.2) is 112 Å². The molecule has 0 saturated carbocycles. The zero-order valence-corrected chi connectivity index (χ0v) is 16.0. The van der Waals surface area contributed by atoms with E-state index in [4.69, 9.17) is 15.4 Å². The van der Waals surface area contributed by atoms with Crippen LogP contribution >= 0.6 is 11.3 Å². The van der Waals surface area contributed by atoms with Gasteiger partial charge in [0.1, 0.15) is 11.7 Å². The Kier molecular flexibility index (Phi) is 8.69. The van der Waals surface area contributed by atoms with E-state index in [0.717, 1.165) is 18.4 Å². The fourth-order valence-electron chi connectivity index (χ4n) is 2.18. The topological polar surface area (TPSA) is 228 Å². The first-order chi connectivity index (χ1) is 13.5. The van der Waals surface area contributed by atoms with Gasteiger partial charge in [-0.1, -0.05) is 5.16 Å². The number of hydrogen-bond donors (Lipinski definition) is 4. The molecule has 2 amide bonds. The molecule has 160 valence electrons. The molecule has 0 radical (unpaired) electrons. The number of carboxylic acids is 1. The number of rotatable bonds is 8. The number of thiazole rings is 1. The van der Waals surface area contributed by atoms with Crippen LogP contribution in [0.2, 0.25) is 0 Å². The second kappa shape index (κ2) is 10.1. The average Bonchev–Trinajstić information content (AvgIpc) is 3.04. The first kappa shape index (κ1) is 25.7. The standard InChI is InChI=1S/C12H13N5O10S2.Na.H/c1-26-11(22)8-7(10(21)17(8)29(23,24)25)15-9(20)6(16-27-2-5(18)19)4-3-28-12(13)14-4;;/h3,7-8H,2H2,1H3,(H2,13,14)(H,15,20)(H,18,19)(H,23,24,25);;/b16-6-;;/t7-,8-;;/m1../s1. The molecule has 1 aliphatic rings. The van der Waals surface area contributed by atoms with E-state index >= 15 is 0 Å². The molecule has 0 aromatic carbocycles. The van der Waals surface area contributed by atoms with Gasteiger partial charge in [0.05, 0.1) is 7.11 Å². The van der Waals surface area contributed by atoms with Crippen LogP contribution in [0.25, 0.3) is 0 Å². The number of oxime groups is 1. The van der Waals surface area contributed by atoms with Crippen molar-refractivity contribution < 1.29 is 46.8 Å². The Morgan fingerprint density at radius 2 is 2.07 bits per heavy atom. The summed E-state index contributed by atoms with van der Waals surface area (Å²) in [6, 6.07) is -3.59. The molecule has 18 heteroatoms. The molecule has 5 N–H and O–H groups in total. The molecule has 1 aromatic rings. The summed E-state index contributed by atoms with van der Waals surface area (Å²) in [7, 11) is -4.20. The van der Waals surface area contributed by atoms with Gasteiger partial charge in [-0.15, -0.1) is 11.3 Å². The van der Waals surface area contributed by atoms with Crippen LogP contribution in [0.4, 0.5) is 5.13 Å². The number of nitrogens with zero attached hydrogens (tertiary/aromatic N) is 3. The summed E-state index contributed by atoms with van der Waals surface area (Å²) in [5, 5.41) is 15.3. The molecule has 2 heterocycles. The van der Waals surface area contributed by atoms with Gasteiger partial charge < -0.3 is 25.7 Å². The number of esters is 1. The molecule has 0 bridgehead atoms. The first-order valence-electron chi connectivity index (χ1n) is 7.29. The minimum atomic E-state index is -5.10. The maximum atomic E-state index is 12.5. The fraction of sp³-hybridized carbons (Fsp3) is 0.333. The van der Waals surface area contributed by atoms with Crippen molar-refractivity contribution in [1.29, 1.82) is 0 Å². The van der Waals surface area contributed by atoms with Crippen molar-refractivity contribution in [3.05, 3.63) is 11.1 Å². The predicted molar refractivity (Wildman–Crippen MR) is 99.9 cm³/mol. The monoisotopic (exact) mass is 475 g/mol. The number of carbonyl (C=O) groups is 4. The van der Waals surface area contributed by atoms with Gasteiger partial charge in [-0.3, -0.25) is 14.1 Å². The summed E-state index contributed by atoms with van der Waals surface area (Å²) in [4.78, 5) is 55.1. The van der Waals surface area contributed by atoms with Gasteiger partial charge in [0, 0.05) is 5.38 Å². The van der Waals surface area contributed by atoms with Crippen LogP contribution in [0, 0.1) is 0 Å². The fourth-order valence-corrected chi connectivity index (χ4v) is 3.56. The summed E-state index contributed by atoms with van der Waals surface area (Å²) in [5.41, 5.74) is 4.74. The van der Waals surface area contributed by atoms with Gasteiger partial charge in [0.25, 0.3) is 11.8 Å². The van der Waals surface area contributed by atoms with Crippen molar-refractivity contribution in [1.82, 2.24) is 14.6 Å². The number of carboxylic acid groups (broad SMARTS) is 1. The van der Waals surface area contributed by atoms with Crippen LogP contribution in [0.5, 0.6) is 0 Å². The Hall–Kier alpha value is -2.31. The summed E-state index contributed by atoms with van der Waals surface area (Å²) < 4.78 is 35.8. The number of methoxy groups -OCH3 is 1.